The molecule has 0 spiro atoms. The Morgan fingerprint density at radius 1 is 1.29 bits per heavy atom. The van der Waals surface area contributed by atoms with Crippen LogP contribution in [0.5, 0.6) is 0 Å². The first-order valence-electron chi connectivity index (χ1n) is 8.34. The molecule has 4 heteroatoms. The molecule has 1 aliphatic heterocycles. The Balaban J connectivity index is 1.71. The van der Waals surface area contributed by atoms with Crippen molar-refractivity contribution in [1.82, 2.24) is 15.2 Å². The second-order valence-corrected chi connectivity index (χ2v) is 6.68. The Bertz CT molecular complexity index is 510. The molecule has 0 unspecified atom stereocenters. The van der Waals surface area contributed by atoms with Gasteiger partial charge in [0, 0.05) is 43.0 Å². The van der Waals surface area contributed by atoms with Gasteiger partial charge in [-0.25, -0.2) is 0 Å². The summed E-state index contributed by atoms with van der Waals surface area (Å²) >= 11 is 0. The molecule has 0 radical (unpaired) electrons. The summed E-state index contributed by atoms with van der Waals surface area (Å²) in [6.45, 7) is 7.08. The maximum Gasteiger partial charge on any atom is 0.253 e. The second-order valence-electron chi connectivity index (χ2n) is 6.68. The average Bonchev–Trinajstić information content (AvgIpc) is 2.73. The summed E-state index contributed by atoms with van der Waals surface area (Å²) in [7, 11) is 0. The topological polar surface area (TPSA) is 46.1 Å². The Morgan fingerprint density at radius 2 is 2.00 bits per heavy atom. The molecular formula is C17H27N3O. The van der Waals surface area contributed by atoms with Crippen molar-refractivity contribution in [2.75, 3.05) is 19.6 Å². The molecule has 2 fully saturated rings. The van der Waals surface area contributed by atoms with Crippen molar-refractivity contribution >= 4 is 5.91 Å². The Morgan fingerprint density at radius 3 is 2.62 bits per heavy atom. The van der Waals surface area contributed by atoms with E-state index < -0.39 is 0 Å². The highest BCUT2D eigenvalue weighted by Gasteiger charge is 2.23. The van der Waals surface area contributed by atoms with Gasteiger partial charge in [-0.2, -0.15) is 0 Å². The first kappa shape index (κ1) is 14.6. The minimum atomic E-state index is 0.0945. The van der Waals surface area contributed by atoms with Gasteiger partial charge in [0.1, 0.15) is 0 Å². The van der Waals surface area contributed by atoms with Crippen molar-refractivity contribution in [1.29, 1.82) is 0 Å². The zero-order valence-electron chi connectivity index (χ0n) is 13.2. The molecule has 0 bridgehead atoms. The van der Waals surface area contributed by atoms with E-state index in [0.29, 0.717) is 12.0 Å². The lowest BCUT2D eigenvalue weighted by atomic mass is 9.95. The van der Waals surface area contributed by atoms with Crippen LogP contribution in [0.4, 0.5) is 0 Å². The number of aromatic nitrogens is 1. The van der Waals surface area contributed by atoms with Crippen LogP contribution in [0.2, 0.25) is 0 Å². The highest BCUT2D eigenvalue weighted by Crippen LogP contribution is 2.32. The van der Waals surface area contributed by atoms with Gasteiger partial charge in [0.15, 0.2) is 0 Å². The van der Waals surface area contributed by atoms with Gasteiger partial charge >= 0.3 is 0 Å². The van der Waals surface area contributed by atoms with Crippen molar-refractivity contribution in [3.05, 3.63) is 23.0 Å². The molecule has 1 aliphatic carbocycles. The van der Waals surface area contributed by atoms with E-state index in [9.17, 15) is 4.79 Å². The molecule has 2 heterocycles. The summed E-state index contributed by atoms with van der Waals surface area (Å²) in [5.41, 5.74) is 3.24. The lowest BCUT2D eigenvalue weighted by molar-refractivity contribution is 0.0941. The number of amides is 1. The van der Waals surface area contributed by atoms with Crippen LogP contribution in [0.3, 0.4) is 0 Å². The van der Waals surface area contributed by atoms with Crippen LogP contribution >= 0.6 is 0 Å². The fourth-order valence-electron chi connectivity index (χ4n) is 3.73. The van der Waals surface area contributed by atoms with E-state index in [4.69, 9.17) is 0 Å². The Kier molecular flexibility index (Phi) is 4.34. The maximum absolute atomic E-state index is 12.4. The predicted octanol–water partition coefficient (Wildman–Crippen LogP) is 2.56. The summed E-state index contributed by atoms with van der Waals surface area (Å²) in [4.78, 5) is 12.4. The first-order valence-corrected chi connectivity index (χ1v) is 8.34. The molecule has 3 rings (SSSR count). The van der Waals surface area contributed by atoms with Crippen LogP contribution in [-0.2, 0) is 0 Å². The highest BCUT2D eigenvalue weighted by atomic mass is 16.1. The molecular weight excluding hydrogens is 262 g/mol. The van der Waals surface area contributed by atoms with Crippen LogP contribution in [-0.4, -0.2) is 30.1 Å². The highest BCUT2D eigenvalue weighted by molar-refractivity contribution is 5.95. The SMILES string of the molecule is Cc1cc(C(=O)NCC2CNC2)c(C)n1C1CCCCC1. The Hall–Kier alpha value is -1.29. The lowest BCUT2D eigenvalue weighted by Crippen LogP contribution is -2.48. The lowest BCUT2D eigenvalue weighted by Gasteiger charge is -2.27. The number of carbonyl (C=O) groups excluding carboxylic acids is 1. The molecule has 4 nitrogen and oxygen atoms in total. The van der Waals surface area contributed by atoms with E-state index in [1.165, 1.54) is 37.8 Å². The molecule has 1 aromatic heterocycles. The van der Waals surface area contributed by atoms with E-state index in [0.717, 1.165) is 30.9 Å². The van der Waals surface area contributed by atoms with E-state index in [2.05, 4.69) is 35.1 Å². The van der Waals surface area contributed by atoms with Crippen molar-refractivity contribution in [3.63, 3.8) is 0 Å². The van der Waals surface area contributed by atoms with Crippen LogP contribution in [0.15, 0.2) is 6.07 Å². The zero-order chi connectivity index (χ0) is 14.8. The molecule has 1 aromatic rings. The average molecular weight is 289 g/mol. The van der Waals surface area contributed by atoms with Gasteiger partial charge in [-0.05, 0) is 32.8 Å². The van der Waals surface area contributed by atoms with E-state index >= 15 is 0 Å². The normalized spacial score (nSPS) is 20.3. The van der Waals surface area contributed by atoms with Gasteiger partial charge in [-0.3, -0.25) is 4.79 Å². The summed E-state index contributed by atoms with van der Waals surface area (Å²) in [5.74, 6) is 0.702. The third kappa shape index (κ3) is 3.00. The summed E-state index contributed by atoms with van der Waals surface area (Å²) < 4.78 is 2.40. The minimum Gasteiger partial charge on any atom is -0.352 e. The van der Waals surface area contributed by atoms with Gasteiger partial charge in [-0.1, -0.05) is 19.3 Å². The molecule has 1 amide bonds. The third-order valence-electron chi connectivity index (χ3n) is 5.09. The maximum atomic E-state index is 12.4. The molecule has 2 aliphatic rings. The number of nitrogens with zero attached hydrogens (tertiary/aromatic N) is 1. The molecule has 0 aromatic carbocycles. The van der Waals surface area contributed by atoms with Crippen LogP contribution < -0.4 is 10.6 Å². The number of aryl methyl sites for hydroxylation is 1. The first-order chi connectivity index (χ1) is 10.2. The standard InChI is InChI=1S/C17H27N3O/c1-12-8-16(17(21)19-11-14-9-18-10-14)13(2)20(12)15-6-4-3-5-7-15/h8,14-15,18H,3-7,9-11H2,1-2H3,(H,19,21). The molecule has 1 saturated carbocycles. The second kappa shape index (κ2) is 6.22. The van der Waals surface area contributed by atoms with E-state index in [-0.39, 0.29) is 5.91 Å². The van der Waals surface area contributed by atoms with E-state index in [1.54, 1.807) is 0 Å². The fraction of sp³-hybridized carbons (Fsp3) is 0.706. The molecule has 0 atom stereocenters. The van der Waals surface area contributed by atoms with Crippen molar-refractivity contribution in [3.8, 4) is 0 Å². The summed E-state index contributed by atoms with van der Waals surface area (Å²) in [6, 6.07) is 2.66. The number of hydrogen-bond donors (Lipinski definition) is 2. The van der Waals surface area contributed by atoms with E-state index in [1.807, 2.05) is 0 Å². The van der Waals surface area contributed by atoms with Gasteiger partial charge in [0.05, 0.1) is 5.56 Å². The summed E-state index contributed by atoms with van der Waals surface area (Å²) in [5, 5.41) is 6.33. The number of carbonyl (C=O) groups is 1. The fourth-order valence-corrected chi connectivity index (χ4v) is 3.73. The van der Waals surface area contributed by atoms with Crippen LogP contribution in [0.25, 0.3) is 0 Å². The van der Waals surface area contributed by atoms with Crippen LogP contribution in [0, 0.1) is 19.8 Å². The third-order valence-corrected chi connectivity index (χ3v) is 5.09. The van der Waals surface area contributed by atoms with Crippen molar-refractivity contribution < 1.29 is 4.79 Å². The van der Waals surface area contributed by atoms with Gasteiger partial charge < -0.3 is 15.2 Å². The largest absolute Gasteiger partial charge is 0.352 e. The monoisotopic (exact) mass is 289 g/mol. The minimum absolute atomic E-state index is 0.0945. The molecule has 116 valence electrons. The van der Waals surface area contributed by atoms with Crippen LogP contribution in [0.1, 0.15) is 59.9 Å². The predicted molar refractivity (Wildman–Crippen MR) is 84.7 cm³/mol. The number of hydrogen-bond acceptors (Lipinski definition) is 2. The van der Waals surface area contributed by atoms with Gasteiger partial charge in [-0.15, -0.1) is 0 Å². The number of nitrogens with one attached hydrogen (secondary N) is 2. The molecule has 2 N–H and O–H groups in total. The Labute approximate surface area is 127 Å². The molecule has 21 heavy (non-hydrogen) atoms. The van der Waals surface area contributed by atoms with Gasteiger partial charge in [0.25, 0.3) is 5.91 Å². The zero-order valence-corrected chi connectivity index (χ0v) is 13.2. The number of rotatable bonds is 4. The quantitative estimate of drug-likeness (QED) is 0.895. The molecule has 1 saturated heterocycles. The summed E-state index contributed by atoms with van der Waals surface area (Å²) in [6.07, 6.45) is 6.50. The van der Waals surface area contributed by atoms with Gasteiger partial charge in [0.2, 0.25) is 0 Å². The smallest absolute Gasteiger partial charge is 0.253 e. The van der Waals surface area contributed by atoms with Crippen molar-refractivity contribution in [2.24, 2.45) is 5.92 Å². The van der Waals surface area contributed by atoms with Crippen molar-refractivity contribution in [2.45, 2.75) is 52.0 Å².